The van der Waals surface area contributed by atoms with E-state index in [1.54, 1.807) is 19.2 Å². The second-order valence-electron chi connectivity index (χ2n) is 18.0. The smallest absolute Gasteiger partial charge is 0.338 e. The molecule has 1 aliphatic heterocycles. The van der Waals surface area contributed by atoms with E-state index in [9.17, 15) is 4.79 Å². The first-order valence-corrected chi connectivity index (χ1v) is 25.4. The largest absolute Gasteiger partial charge is 0.453 e. The summed E-state index contributed by atoms with van der Waals surface area (Å²) in [7, 11) is -3.65. The Labute approximate surface area is 353 Å². The molecule has 0 unspecified atom stereocenters. The SMILES string of the molecule is CO[C@@H]1C=C2[C@H]([C@H](OC(=O)c3ccccc3)C(CO[Si](c3ccccc3)(c3ccccc3)C(C)(C)C)=C[C@H]2OCOCc2ccccc2)[C@@H](CO[Si](C)(C)C(C)(C)C)O1. The topological polar surface area (TPSA) is 81.7 Å². The van der Waals surface area contributed by atoms with Gasteiger partial charge < -0.3 is 32.5 Å². The summed E-state index contributed by atoms with van der Waals surface area (Å²) >= 11 is 0. The predicted octanol–water partition coefficient (Wildman–Crippen LogP) is 9.22. The fourth-order valence-electron chi connectivity index (χ4n) is 7.81. The molecule has 59 heavy (non-hydrogen) atoms. The van der Waals surface area contributed by atoms with Crippen LogP contribution in [0.2, 0.25) is 23.2 Å². The Morgan fingerprint density at radius 2 is 1.25 bits per heavy atom. The van der Waals surface area contributed by atoms with Gasteiger partial charge in [0, 0.05) is 7.11 Å². The highest BCUT2D eigenvalue weighted by Gasteiger charge is 2.53. The van der Waals surface area contributed by atoms with Crippen molar-refractivity contribution in [3.63, 3.8) is 0 Å². The highest BCUT2D eigenvalue weighted by atomic mass is 28.4. The number of hydrogen-bond acceptors (Lipinski definition) is 8. The molecule has 5 atom stereocenters. The van der Waals surface area contributed by atoms with Crippen LogP contribution in [-0.2, 0) is 39.1 Å². The average molecular weight is 835 g/mol. The van der Waals surface area contributed by atoms with Crippen LogP contribution in [0, 0.1) is 5.92 Å². The standard InChI is InChI=1S/C49H62O8Si2/c1-48(2,3)58(8,9)54-34-43-45-41(31-44(51-7)56-43)42(53-35-52-32-36-22-14-10-15-23-36)30-38(46(45)57-47(50)37-24-16-11-17-25-37)33-55-59(49(4,5)6,39-26-18-12-19-27-39)40-28-20-13-21-29-40/h10-31,42-46H,32-35H2,1-9H3/t42-,43-,44+,45+,46-/m1/s1. The van der Waals surface area contributed by atoms with Crippen LogP contribution in [0.1, 0.15) is 57.5 Å². The van der Waals surface area contributed by atoms with Crippen LogP contribution in [0.4, 0.5) is 0 Å². The third-order valence-corrected chi connectivity index (χ3v) is 21.5. The Kier molecular flexibility index (Phi) is 14.5. The van der Waals surface area contributed by atoms with Gasteiger partial charge in [0.2, 0.25) is 0 Å². The molecule has 4 aromatic carbocycles. The number of esters is 1. The van der Waals surface area contributed by atoms with Crippen molar-refractivity contribution < 1.29 is 37.3 Å². The van der Waals surface area contributed by atoms with Crippen LogP contribution >= 0.6 is 0 Å². The van der Waals surface area contributed by atoms with Crippen LogP contribution < -0.4 is 10.4 Å². The van der Waals surface area contributed by atoms with Crippen molar-refractivity contribution in [2.24, 2.45) is 5.92 Å². The number of carbonyl (C=O) groups excluding carboxylic acids is 1. The second kappa shape index (κ2) is 19.2. The van der Waals surface area contributed by atoms with Crippen molar-refractivity contribution >= 4 is 33.0 Å². The zero-order valence-corrected chi connectivity index (χ0v) is 38.2. The Morgan fingerprint density at radius 3 is 1.80 bits per heavy atom. The van der Waals surface area contributed by atoms with E-state index in [0.29, 0.717) is 12.2 Å². The van der Waals surface area contributed by atoms with Crippen LogP contribution in [0.5, 0.6) is 0 Å². The molecule has 0 bridgehead atoms. The lowest BCUT2D eigenvalue weighted by molar-refractivity contribution is -0.173. The predicted molar refractivity (Wildman–Crippen MR) is 239 cm³/mol. The van der Waals surface area contributed by atoms with E-state index in [0.717, 1.165) is 27.1 Å². The van der Waals surface area contributed by atoms with Gasteiger partial charge in [-0.05, 0) is 74.5 Å². The normalized spacial score (nSPS) is 21.3. The third kappa shape index (κ3) is 10.3. The number of fused-ring (bicyclic) bond motifs is 1. The van der Waals surface area contributed by atoms with E-state index >= 15 is 0 Å². The lowest BCUT2D eigenvalue weighted by atomic mass is 9.75. The number of ether oxygens (including phenoxy) is 5. The molecule has 2 aliphatic rings. The van der Waals surface area contributed by atoms with Crippen molar-refractivity contribution in [1.29, 1.82) is 0 Å². The minimum atomic E-state index is -3.03. The van der Waals surface area contributed by atoms with Gasteiger partial charge in [-0.1, -0.05) is 151 Å². The lowest BCUT2D eigenvalue weighted by Gasteiger charge is -2.47. The number of benzene rings is 4. The Hall–Kier alpha value is -3.98. The maximum Gasteiger partial charge on any atom is 0.338 e. The van der Waals surface area contributed by atoms with Crippen molar-refractivity contribution in [2.45, 2.75) is 95.9 Å². The quantitative estimate of drug-likeness (QED) is 0.0364. The van der Waals surface area contributed by atoms with Gasteiger partial charge >= 0.3 is 5.97 Å². The molecule has 0 radical (unpaired) electrons. The summed E-state index contributed by atoms with van der Waals surface area (Å²) in [5.74, 6) is -0.921. The zero-order valence-electron chi connectivity index (χ0n) is 36.2. The van der Waals surface area contributed by atoms with Gasteiger partial charge in [0.1, 0.15) is 19.0 Å². The van der Waals surface area contributed by atoms with Crippen molar-refractivity contribution in [2.75, 3.05) is 27.1 Å². The molecule has 8 nitrogen and oxygen atoms in total. The van der Waals surface area contributed by atoms with E-state index in [1.165, 1.54) is 0 Å². The zero-order chi connectivity index (χ0) is 42.3. The molecule has 0 aromatic heterocycles. The summed E-state index contributed by atoms with van der Waals surface area (Å²) < 4.78 is 46.5. The molecule has 0 saturated heterocycles. The number of hydrogen-bond donors (Lipinski definition) is 0. The van der Waals surface area contributed by atoms with Gasteiger partial charge in [-0.2, -0.15) is 0 Å². The van der Waals surface area contributed by atoms with E-state index in [4.69, 9.17) is 32.5 Å². The fourth-order valence-corrected chi connectivity index (χ4v) is 13.4. The maximum absolute atomic E-state index is 14.2. The molecule has 10 heteroatoms. The molecule has 0 fully saturated rings. The van der Waals surface area contributed by atoms with Gasteiger partial charge in [-0.25, -0.2) is 4.79 Å². The molecular weight excluding hydrogens is 773 g/mol. The number of methoxy groups -OCH3 is 1. The molecule has 6 rings (SSSR count). The van der Waals surface area contributed by atoms with Crippen LogP contribution in [0.15, 0.2) is 145 Å². The average Bonchev–Trinajstić information content (AvgIpc) is 3.23. The summed E-state index contributed by atoms with van der Waals surface area (Å²) in [6, 6.07) is 40.2. The molecule has 314 valence electrons. The molecular formula is C49H62O8Si2. The van der Waals surface area contributed by atoms with Crippen molar-refractivity contribution in [3.05, 3.63) is 156 Å². The van der Waals surface area contributed by atoms with Crippen LogP contribution in [-0.4, -0.2) is 74.3 Å². The maximum atomic E-state index is 14.2. The summed E-state index contributed by atoms with van der Waals surface area (Å²) in [6.07, 6.45) is 1.46. The van der Waals surface area contributed by atoms with Gasteiger partial charge in [-0.15, -0.1) is 0 Å². The van der Waals surface area contributed by atoms with E-state index in [1.807, 2.05) is 66.7 Å². The lowest BCUT2D eigenvalue weighted by Crippen LogP contribution is -2.67. The first kappa shape index (κ1) is 44.6. The molecule has 4 aromatic rings. The van der Waals surface area contributed by atoms with E-state index in [2.05, 4.69) is 109 Å². The van der Waals surface area contributed by atoms with Gasteiger partial charge in [-0.3, -0.25) is 0 Å². The van der Waals surface area contributed by atoms with Crippen molar-refractivity contribution in [3.8, 4) is 0 Å². The summed E-state index contributed by atoms with van der Waals surface area (Å²) in [5, 5.41) is 1.98. The van der Waals surface area contributed by atoms with Gasteiger partial charge in [0.15, 0.2) is 14.6 Å². The Bertz CT molecular complexity index is 1970. The number of carbonyl (C=O) groups is 1. The Morgan fingerprint density at radius 1 is 0.695 bits per heavy atom. The minimum Gasteiger partial charge on any atom is -0.453 e. The molecule has 1 aliphatic carbocycles. The minimum absolute atomic E-state index is 0.0288. The first-order valence-electron chi connectivity index (χ1n) is 20.6. The third-order valence-electron chi connectivity index (χ3n) is 12.0. The highest BCUT2D eigenvalue weighted by Crippen LogP contribution is 2.44. The second-order valence-corrected chi connectivity index (χ2v) is 27.1. The Balaban J connectivity index is 1.46. The van der Waals surface area contributed by atoms with E-state index < -0.39 is 53.1 Å². The summed E-state index contributed by atoms with van der Waals surface area (Å²) in [5.41, 5.74) is 3.18. The van der Waals surface area contributed by atoms with Crippen LogP contribution in [0.3, 0.4) is 0 Å². The molecule has 0 spiro atoms. The monoisotopic (exact) mass is 834 g/mol. The van der Waals surface area contributed by atoms with Crippen molar-refractivity contribution in [1.82, 2.24) is 0 Å². The molecule has 0 saturated carbocycles. The molecule has 0 amide bonds. The van der Waals surface area contributed by atoms with Gasteiger partial charge in [0.05, 0.1) is 37.4 Å². The number of rotatable bonds is 16. The first-order chi connectivity index (χ1) is 28.1. The summed E-state index contributed by atoms with van der Waals surface area (Å²) in [4.78, 5) is 14.2. The van der Waals surface area contributed by atoms with E-state index in [-0.39, 0.29) is 30.1 Å². The fraction of sp³-hybridized carbons (Fsp3) is 0.408. The van der Waals surface area contributed by atoms with Gasteiger partial charge in [0.25, 0.3) is 8.32 Å². The molecule has 1 heterocycles. The summed E-state index contributed by atoms with van der Waals surface area (Å²) in [6.45, 7) is 18.8. The highest BCUT2D eigenvalue weighted by molar-refractivity contribution is 6.99. The van der Waals surface area contributed by atoms with Crippen LogP contribution in [0.25, 0.3) is 0 Å². The molecule has 0 N–H and O–H groups in total.